The van der Waals surface area contributed by atoms with Gasteiger partial charge in [-0.1, -0.05) is 29.3 Å². The van der Waals surface area contributed by atoms with Crippen molar-refractivity contribution in [1.29, 1.82) is 0 Å². The summed E-state index contributed by atoms with van der Waals surface area (Å²) in [7, 11) is -9.73. The quantitative estimate of drug-likeness (QED) is 0.291. The Morgan fingerprint density at radius 2 is 1.59 bits per heavy atom. The first-order chi connectivity index (χ1) is 14.3. The van der Waals surface area contributed by atoms with Gasteiger partial charge >= 0.3 is 37.7 Å². The Morgan fingerprint density at radius 3 is 2.19 bits per heavy atom. The maximum absolute atomic E-state index is 12.7. The molecule has 0 aliphatic rings. The number of nitrogens with zero attached hydrogens (tertiary/aromatic N) is 3. The summed E-state index contributed by atoms with van der Waals surface area (Å²) in [6.45, 7) is 1.44. The number of hydrogen-bond acceptors (Lipinski definition) is 9. The third kappa shape index (κ3) is 5.79. The van der Waals surface area contributed by atoms with Crippen LogP contribution in [-0.4, -0.2) is 73.5 Å². The van der Waals surface area contributed by atoms with Crippen LogP contribution in [0.3, 0.4) is 0 Å². The van der Waals surface area contributed by atoms with E-state index in [1.807, 2.05) is 0 Å². The summed E-state index contributed by atoms with van der Waals surface area (Å²) >= 11 is 11.6. The van der Waals surface area contributed by atoms with Gasteiger partial charge in [0.25, 0.3) is 5.56 Å². The first kappa shape index (κ1) is 27.0. The van der Waals surface area contributed by atoms with Gasteiger partial charge in [0.15, 0.2) is 5.69 Å². The molecule has 0 radical (unpaired) electrons. The third-order valence-corrected chi connectivity index (χ3v) is 6.35. The van der Waals surface area contributed by atoms with E-state index >= 15 is 0 Å². The van der Waals surface area contributed by atoms with Crippen molar-refractivity contribution in [3.63, 3.8) is 0 Å². The van der Waals surface area contributed by atoms with Crippen LogP contribution in [0.15, 0.2) is 61.2 Å². The molecule has 0 atom stereocenters. The van der Waals surface area contributed by atoms with Crippen LogP contribution < -0.4 is 5.56 Å². The number of aromatic nitrogens is 2. The van der Waals surface area contributed by atoms with E-state index in [1.165, 1.54) is 19.1 Å². The fourth-order valence-electron chi connectivity index (χ4n) is 2.52. The van der Waals surface area contributed by atoms with Crippen LogP contribution in [0.5, 0.6) is 0 Å². The Balaban J connectivity index is 0.00000363. The summed E-state index contributed by atoms with van der Waals surface area (Å²) in [6.07, 6.45) is 0. The predicted octanol–water partition coefficient (Wildman–Crippen LogP) is 2.62. The van der Waals surface area contributed by atoms with Crippen LogP contribution >= 0.6 is 23.2 Å². The minimum Gasteiger partial charge on any atom is -0.744 e. The SMILES string of the molecule is Cc1[nH]n(-c2cccc(S(=O)(=O)[O-])c2)c(=O)c1N=Nc1cc(Cl)c(Cl)cc1S(=O)(=O)[O-].[Ca+2]. The molecule has 3 aromatic rings. The number of halogens is 2. The van der Waals surface area contributed by atoms with Crippen molar-refractivity contribution in [2.24, 2.45) is 10.2 Å². The number of rotatable bonds is 5. The number of aryl methyl sites for hydroxylation is 1. The average Bonchev–Trinajstić information content (AvgIpc) is 2.95. The van der Waals surface area contributed by atoms with Crippen LogP contribution in [-0.2, 0) is 20.2 Å². The summed E-state index contributed by atoms with van der Waals surface area (Å²) in [4.78, 5) is 11.4. The van der Waals surface area contributed by atoms with E-state index in [4.69, 9.17) is 23.2 Å². The van der Waals surface area contributed by atoms with Gasteiger partial charge in [-0.05, 0) is 37.3 Å². The minimum atomic E-state index is -4.98. The zero-order valence-corrected chi connectivity index (χ0v) is 21.3. The van der Waals surface area contributed by atoms with Gasteiger partial charge in [-0.2, -0.15) is 0 Å². The average molecular weight is 545 g/mol. The predicted molar refractivity (Wildman–Crippen MR) is 113 cm³/mol. The molecule has 0 fully saturated rings. The van der Waals surface area contributed by atoms with Crippen LogP contribution in [0.4, 0.5) is 11.4 Å². The summed E-state index contributed by atoms with van der Waals surface area (Å²) in [5.74, 6) is 0. The van der Waals surface area contributed by atoms with Gasteiger partial charge in [-0.25, -0.2) is 21.5 Å². The third-order valence-electron chi connectivity index (χ3n) is 3.93. The molecule has 11 nitrogen and oxygen atoms in total. The van der Waals surface area contributed by atoms with Gasteiger partial charge in [-0.15, -0.1) is 10.2 Å². The van der Waals surface area contributed by atoms with Gasteiger partial charge in [0.1, 0.15) is 25.9 Å². The van der Waals surface area contributed by atoms with E-state index in [0.29, 0.717) is 0 Å². The molecule has 0 spiro atoms. The Bertz CT molecular complexity index is 1500. The summed E-state index contributed by atoms with van der Waals surface area (Å²) in [5, 5.41) is 9.72. The summed E-state index contributed by atoms with van der Waals surface area (Å²) in [6, 6.07) is 6.52. The number of hydrogen-bond donors (Lipinski definition) is 1. The van der Waals surface area contributed by atoms with Crippen molar-refractivity contribution >= 4 is 92.6 Å². The maximum Gasteiger partial charge on any atom is 2.00 e. The van der Waals surface area contributed by atoms with Crippen LogP contribution in [0.1, 0.15) is 5.69 Å². The maximum atomic E-state index is 12.7. The molecule has 3 rings (SSSR count). The second-order valence-corrected chi connectivity index (χ2v) is 9.61. The summed E-state index contributed by atoms with van der Waals surface area (Å²) in [5.41, 5.74) is -1.28. The first-order valence-electron chi connectivity index (χ1n) is 8.03. The normalized spacial score (nSPS) is 12.2. The van der Waals surface area contributed by atoms with E-state index < -0.39 is 41.3 Å². The molecule has 0 unspecified atom stereocenters. The minimum absolute atomic E-state index is 0. The number of nitrogens with one attached hydrogen (secondary N) is 1. The number of aromatic amines is 1. The monoisotopic (exact) mass is 544 g/mol. The van der Waals surface area contributed by atoms with Gasteiger partial charge < -0.3 is 9.11 Å². The van der Waals surface area contributed by atoms with E-state index in [9.17, 15) is 30.7 Å². The van der Waals surface area contributed by atoms with Crippen LogP contribution in [0.2, 0.25) is 10.0 Å². The van der Waals surface area contributed by atoms with E-state index in [-0.39, 0.29) is 64.9 Å². The largest absolute Gasteiger partial charge is 2.00 e. The molecule has 0 bridgehead atoms. The molecule has 1 heterocycles. The fourth-order valence-corrected chi connectivity index (χ4v) is 4.03. The van der Waals surface area contributed by atoms with Crippen molar-refractivity contribution in [2.75, 3.05) is 0 Å². The zero-order valence-electron chi connectivity index (χ0n) is 15.9. The molecule has 32 heavy (non-hydrogen) atoms. The van der Waals surface area contributed by atoms with Gasteiger partial charge in [-0.3, -0.25) is 9.89 Å². The molecular weight excluding hydrogens is 535 g/mol. The van der Waals surface area contributed by atoms with Crippen LogP contribution in [0.25, 0.3) is 5.69 Å². The molecule has 0 saturated carbocycles. The van der Waals surface area contributed by atoms with Crippen LogP contribution in [0, 0.1) is 6.92 Å². The number of azo groups is 1. The van der Waals surface area contributed by atoms with Crippen molar-refractivity contribution < 1.29 is 25.9 Å². The second-order valence-electron chi connectivity index (χ2n) is 6.07. The van der Waals surface area contributed by atoms with Gasteiger partial charge in [0, 0.05) is 0 Å². The standard InChI is InChI=1S/C16H12Cl2N4O7S2.Ca/c1-8-15(20-19-13-6-11(17)12(18)7-14(13)31(27,28)29)16(23)22(21-8)9-3-2-4-10(5-9)30(24,25)26;/h2-7,21H,1H3,(H,24,25,26)(H,27,28,29);/q;+2/p-2. The Morgan fingerprint density at radius 1 is 0.969 bits per heavy atom. The molecule has 0 amide bonds. The van der Waals surface area contributed by atoms with Gasteiger partial charge in [0.2, 0.25) is 0 Å². The van der Waals surface area contributed by atoms with E-state index in [1.54, 1.807) is 0 Å². The number of benzene rings is 2. The molecular formula is C16H10CaCl2N4O7S2. The molecule has 1 aromatic heterocycles. The van der Waals surface area contributed by atoms with E-state index in [0.717, 1.165) is 28.9 Å². The molecule has 2 aromatic carbocycles. The number of H-pyrrole nitrogens is 1. The summed E-state index contributed by atoms with van der Waals surface area (Å²) < 4.78 is 68.9. The van der Waals surface area contributed by atoms with Crippen molar-refractivity contribution in [3.8, 4) is 5.69 Å². The Labute approximate surface area is 221 Å². The topological polar surface area (TPSA) is 177 Å². The second kappa shape index (κ2) is 9.91. The fraction of sp³-hybridized carbons (Fsp3) is 0.0625. The van der Waals surface area contributed by atoms with Crippen molar-refractivity contribution in [1.82, 2.24) is 9.78 Å². The first-order valence-corrected chi connectivity index (χ1v) is 11.6. The van der Waals surface area contributed by atoms with E-state index in [2.05, 4.69) is 15.3 Å². The Hall–Kier alpha value is -1.29. The molecule has 1 N–H and O–H groups in total. The molecule has 0 aliphatic heterocycles. The van der Waals surface area contributed by atoms with Crippen molar-refractivity contribution in [2.45, 2.75) is 16.7 Å². The molecule has 0 aliphatic carbocycles. The van der Waals surface area contributed by atoms with Crippen molar-refractivity contribution in [3.05, 3.63) is 62.5 Å². The smallest absolute Gasteiger partial charge is 0.744 e. The Kier molecular flexibility index (Phi) is 8.35. The zero-order chi connectivity index (χ0) is 23.1. The van der Waals surface area contributed by atoms with Gasteiger partial charge in [0.05, 0.1) is 31.2 Å². The molecule has 16 heteroatoms. The molecule has 0 saturated heterocycles. The molecule has 164 valence electrons.